The Bertz CT molecular complexity index is 1080. The second kappa shape index (κ2) is 10.4. The van der Waals surface area contributed by atoms with E-state index in [1.807, 2.05) is 79.5 Å². The molecule has 0 radical (unpaired) electrons. The van der Waals surface area contributed by atoms with Gasteiger partial charge < -0.3 is 10.2 Å². The standard InChI is InChI=1S/C26H31N5O2/c1-3-13-27-24(32)19-29-14-16-30(17-15-29)26(33)23-18-31(22-11-9-20(2)10-12-22)28-25(23)21-7-5-4-6-8-21/h4-12,18H,3,13-17,19H2,1-2H3,(H,27,32). The summed E-state index contributed by atoms with van der Waals surface area (Å²) in [4.78, 5) is 29.5. The zero-order chi connectivity index (χ0) is 23.2. The first-order valence-corrected chi connectivity index (χ1v) is 11.6. The fourth-order valence-corrected chi connectivity index (χ4v) is 3.97. The molecule has 2 aromatic carbocycles. The second-order valence-electron chi connectivity index (χ2n) is 8.46. The number of carbonyl (C=O) groups excluding carboxylic acids is 2. The Morgan fingerprint density at radius 1 is 0.970 bits per heavy atom. The van der Waals surface area contributed by atoms with E-state index in [2.05, 4.69) is 10.2 Å². The van der Waals surface area contributed by atoms with Gasteiger partial charge in [-0.3, -0.25) is 14.5 Å². The molecule has 0 atom stereocenters. The lowest BCUT2D eigenvalue weighted by Crippen LogP contribution is -2.51. The Balaban J connectivity index is 1.52. The summed E-state index contributed by atoms with van der Waals surface area (Å²) in [7, 11) is 0. The third kappa shape index (κ3) is 5.49. The van der Waals surface area contributed by atoms with Crippen molar-refractivity contribution < 1.29 is 9.59 Å². The predicted octanol–water partition coefficient (Wildman–Crippen LogP) is 3.13. The molecule has 1 aromatic heterocycles. The smallest absolute Gasteiger partial charge is 0.257 e. The van der Waals surface area contributed by atoms with Crippen LogP contribution >= 0.6 is 0 Å². The average Bonchev–Trinajstić information content (AvgIpc) is 3.29. The summed E-state index contributed by atoms with van der Waals surface area (Å²) in [5.41, 5.74) is 4.28. The van der Waals surface area contributed by atoms with E-state index in [4.69, 9.17) is 5.10 Å². The van der Waals surface area contributed by atoms with Gasteiger partial charge in [-0.05, 0) is 25.5 Å². The second-order valence-corrected chi connectivity index (χ2v) is 8.46. The molecule has 1 N–H and O–H groups in total. The number of benzene rings is 2. The third-order valence-electron chi connectivity index (χ3n) is 5.89. The molecule has 2 heterocycles. The number of hydrogen-bond donors (Lipinski definition) is 1. The lowest BCUT2D eigenvalue weighted by atomic mass is 10.1. The van der Waals surface area contributed by atoms with E-state index in [0.29, 0.717) is 50.5 Å². The van der Waals surface area contributed by atoms with Crippen LogP contribution in [-0.4, -0.2) is 70.7 Å². The van der Waals surface area contributed by atoms with Gasteiger partial charge in [0, 0.05) is 44.5 Å². The van der Waals surface area contributed by atoms with E-state index >= 15 is 0 Å². The van der Waals surface area contributed by atoms with Crippen molar-refractivity contribution in [1.82, 2.24) is 24.9 Å². The van der Waals surface area contributed by atoms with Crippen molar-refractivity contribution in [2.24, 2.45) is 0 Å². The minimum absolute atomic E-state index is 0.0256. The Labute approximate surface area is 195 Å². The van der Waals surface area contributed by atoms with Gasteiger partial charge in [0.2, 0.25) is 5.91 Å². The molecule has 7 heteroatoms. The molecule has 0 bridgehead atoms. The summed E-state index contributed by atoms with van der Waals surface area (Å²) < 4.78 is 1.78. The molecule has 33 heavy (non-hydrogen) atoms. The zero-order valence-corrected chi connectivity index (χ0v) is 19.3. The molecule has 0 unspecified atom stereocenters. The molecule has 0 spiro atoms. The van der Waals surface area contributed by atoms with Crippen LogP contribution in [0, 0.1) is 6.92 Å². The van der Waals surface area contributed by atoms with E-state index in [1.54, 1.807) is 4.68 Å². The van der Waals surface area contributed by atoms with Crippen LogP contribution in [0.15, 0.2) is 60.8 Å². The van der Waals surface area contributed by atoms with Crippen LogP contribution in [0.3, 0.4) is 0 Å². The van der Waals surface area contributed by atoms with Crippen LogP contribution in [0.2, 0.25) is 0 Å². The first-order chi connectivity index (χ1) is 16.0. The van der Waals surface area contributed by atoms with Crippen molar-refractivity contribution >= 4 is 11.8 Å². The van der Waals surface area contributed by atoms with Gasteiger partial charge in [-0.25, -0.2) is 4.68 Å². The van der Waals surface area contributed by atoms with Crippen LogP contribution in [0.25, 0.3) is 16.9 Å². The van der Waals surface area contributed by atoms with Crippen molar-refractivity contribution in [3.8, 4) is 16.9 Å². The Morgan fingerprint density at radius 2 is 1.67 bits per heavy atom. The molecule has 2 amide bonds. The molecule has 0 saturated carbocycles. The minimum Gasteiger partial charge on any atom is -0.355 e. The highest BCUT2D eigenvalue weighted by Gasteiger charge is 2.27. The molecule has 4 rings (SSSR count). The quantitative estimate of drug-likeness (QED) is 0.607. The molecule has 1 aliphatic rings. The van der Waals surface area contributed by atoms with Crippen molar-refractivity contribution in [2.75, 3.05) is 39.3 Å². The normalized spacial score (nSPS) is 14.3. The maximum Gasteiger partial charge on any atom is 0.257 e. The number of hydrogen-bond acceptors (Lipinski definition) is 4. The van der Waals surface area contributed by atoms with Crippen LogP contribution in [0.5, 0.6) is 0 Å². The molecule has 7 nitrogen and oxygen atoms in total. The van der Waals surface area contributed by atoms with Crippen LogP contribution < -0.4 is 5.32 Å². The van der Waals surface area contributed by atoms with Gasteiger partial charge >= 0.3 is 0 Å². The monoisotopic (exact) mass is 445 g/mol. The average molecular weight is 446 g/mol. The maximum atomic E-state index is 13.5. The lowest BCUT2D eigenvalue weighted by Gasteiger charge is -2.34. The highest BCUT2D eigenvalue weighted by Crippen LogP contribution is 2.25. The first kappa shape index (κ1) is 22.7. The molecule has 3 aromatic rings. The van der Waals surface area contributed by atoms with E-state index < -0.39 is 0 Å². The van der Waals surface area contributed by atoms with Gasteiger partial charge in [0.1, 0.15) is 5.69 Å². The van der Waals surface area contributed by atoms with Gasteiger partial charge in [-0.1, -0.05) is 55.0 Å². The fraction of sp³-hybridized carbons (Fsp3) is 0.346. The number of nitrogens with zero attached hydrogens (tertiary/aromatic N) is 4. The highest BCUT2D eigenvalue weighted by atomic mass is 16.2. The summed E-state index contributed by atoms with van der Waals surface area (Å²) in [5.74, 6) is 0.0182. The van der Waals surface area contributed by atoms with Gasteiger partial charge in [-0.2, -0.15) is 5.10 Å². The third-order valence-corrected chi connectivity index (χ3v) is 5.89. The predicted molar refractivity (Wildman–Crippen MR) is 129 cm³/mol. The van der Waals surface area contributed by atoms with Crippen molar-refractivity contribution in [1.29, 1.82) is 0 Å². The maximum absolute atomic E-state index is 13.5. The van der Waals surface area contributed by atoms with Gasteiger partial charge in [0.05, 0.1) is 17.8 Å². The van der Waals surface area contributed by atoms with Crippen molar-refractivity contribution in [3.63, 3.8) is 0 Å². The van der Waals surface area contributed by atoms with Crippen LogP contribution in [0.1, 0.15) is 29.3 Å². The zero-order valence-electron chi connectivity index (χ0n) is 19.3. The SMILES string of the molecule is CCCNC(=O)CN1CCN(C(=O)c2cn(-c3ccc(C)cc3)nc2-c2ccccc2)CC1. The number of carbonyl (C=O) groups is 2. The highest BCUT2D eigenvalue weighted by molar-refractivity contribution is 6.00. The summed E-state index contributed by atoms with van der Waals surface area (Å²) >= 11 is 0. The number of aromatic nitrogens is 2. The summed E-state index contributed by atoms with van der Waals surface area (Å²) in [6, 6.07) is 17.9. The van der Waals surface area contributed by atoms with E-state index in [9.17, 15) is 9.59 Å². The molecule has 172 valence electrons. The largest absolute Gasteiger partial charge is 0.355 e. The number of piperazine rings is 1. The minimum atomic E-state index is -0.0256. The van der Waals surface area contributed by atoms with Crippen LogP contribution in [0.4, 0.5) is 0 Å². The Hall–Kier alpha value is -3.45. The van der Waals surface area contributed by atoms with E-state index in [-0.39, 0.29) is 11.8 Å². The fourth-order valence-electron chi connectivity index (χ4n) is 3.97. The number of rotatable bonds is 7. The van der Waals surface area contributed by atoms with Crippen LogP contribution in [-0.2, 0) is 4.79 Å². The van der Waals surface area contributed by atoms with Crippen molar-refractivity contribution in [2.45, 2.75) is 20.3 Å². The molecular weight excluding hydrogens is 414 g/mol. The molecule has 1 fully saturated rings. The van der Waals surface area contributed by atoms with E-state index in [0.717, 1.165) is 17.7 Å². The molecule has 1 saturated heterocycles. The Kier molecular flexibility index (Phi) is 7.19. The number of nitrogens with one attached hydrogen (secondary N) is 1. The Morgan fingerprint density at radius 3 is 2.33 bits per heavy atom. The van der Waals surface area contributed by atoms with Gasteiger partial charge in [-0.15, -0.1) is 0 Å². The first-order valence-electron chi connectivity index (χ1n) is 11.6. The van der Waals surface area contributed by atoms with Gasteiger partial charge in [0.25, 0.3) is 5.91 Å². The summed E-state index contributed by atoms with van der Waals surface area (Å²) in [6.45, 7) is 7.69. The number of amides is 2. The lowest BCUT2D eigenvalue weighted by molar-refractivity contribution is -0.122. The van der Waals surface area contributed by atoms with Crippen molar-refractivity contribution in [3.05, 3.63) is 71.9 Å². The van der Waals surface area contributed by atoms with Gasteiger partial charge in [0.15, 0.2) is 0 Å². The van der Waals surface area contributed by atoms with E-state index in [1.165, 1.54) is 5.56 Å². The summed E-state index contributed by atoms with van der Waals surface area (Å²) in [5, 5.41) is 7.70. The summed E-state index contributed by atoms with van der Waals surface area (Å²) in [6.07, 6.45) is 2.76. The molecular formula is C26H31N5O2. The number of aryl methyl sites for hydroxylation is 1. The topological polar surface area (TPSA) is 70.5 Å². The molecule has 0 aliphatic carbocycles. The molecule has 1 aliphatic heterocycles.